The van der Waals surface area contributed by atoms with Crippen LogP contribution in [0.25, 0.3) is 0 Å². The predicted molar refractivity (Wildman–Crippen MR) is 129 cm³/mol. The molecule has 3 aromatic rings. The van der Waals surface area contributed by atoms with Gasteiger partial charge in [0.15, 0.2) is 0 Å². The van der Waals surface area contributed by atoms with Crippen molar-refractivity contribution in [2.45, 2.75) is 13.0 Å². The van der Waals surface area contributed by atoms with Gasteiger partial charge in [0.2, 0.25) is 11.8 Å². The van der Waals surface area contributed by atoms with Crippen LogP contribution in [0.1, 0.15) is 21.7 Å². The Morgan fingerprint density at radius 3 is 2.31 bits per heavy atom. The zero-order chi connectivity index (χ0) is 22.8. The van der Waals surface area contributed by atoms with Crippen LogP contribution < -0.4 is 10.6 Å². The minimum absolute atomic E-state index is 0.209. The average Bonchev–Trinajstić information content (AvgIpc) is 3.31. The predicted octanol–water partition coefficient (Wildman–Crippen LogP) is 3.00. The zero-order valence-electron chi connectivity index (χ0n) is 17.4. The number of nitrogens with one attached hydrogen (secondary N) is 2. The van der Waals surface area contributed by atoms with E-state index in [9.17, 15) is 14.4 Å². The number of carbonyl (C=O) groups is 3. The van der Waals surface area contributed by atoms with Gasteiger partial charge in [-0.2, -0.15) is 0 Å². The van der Waals surface area contributed by atoms with Gasteiger partial charge in [0.25, 0.3) is 5.91 Å². The lowest BCUT2D eigenvalue weighted by molar-refractivity contribution is -0.124. The minimum atomic E-state index is -0.380. The van der Waals surface area contributed by atoms with Crippen LogP contribution in [0.3, 0.4) is 0 Å². The Hall–Kier alpha value is -3.14. The fourth-order valence-electron chi connectivity index (χ4n) is 3.05. The molecule has 32 heavy (non-hydrogen) atoms. The normalized spacial score (nSPS) is 10.4. The summed E-state index contributed by atoms with van der Waals surface area (Å²) in [6.45, 7) is 0.198. The number of hydrogen-bond donors (Lipinski definition) is 2. The van der Waals surface area contributed by atoms with Crippen LogP contribution in [0.15, 0.2) is 77.4 Å². The number of rotatable bonds is 10. The van der Waals surface area contributed by atoms with Gasteiger partial charge in [0.05, 0.1) is 12.8 Å². The molecule has 0 saturated carbocycles. The van der Waals surface area contributed by atoms with Crippen molar-refractivity contribution in [2.24, 2.45) is 0 Å². The highest BCUT2D eigenvalue weighted by Crippen LogP contribution is 2.11. The summed E-state index contributed by atoms with van der Waals surface area (Å²) in [7, 11) is 0. The monoisotopic (exact) mass is 545 g/mol. The lowest BCUT2D eigenvalue weighted by Gasteiger charge is -2.22. The lowest BCUT2D eigenvalue weighted by Crippen LogP contribution is -2.46. The Bertz CT molecular complexity index is 1040. The van der Waals surface area contributed by atoms with Crippen LogP contribution in [0.4, 0.5) is 0 Å². The second kappa shape index (κ2) is 12.0. The molecule has 0 unspecified atom stereocenters. The van der Waals surface area contributed by atoms with Crippen LogP contribution in [0, 0.1) is 3.57 Å². The van der Waals surface area contributed by atoms with Gasteiger partial charge >= 0.3 is 0 Å². The van der Waals surface area contributed by atoms with Gasteiger partial charge in [0.1, 0.15) is 18.8 Å². The van der Waals surface area contributed by atoms with Crippen molar-refractivity contribution < 1.29 is 18.8 Å². The van der Waals surface area contributed by atoms with Gasteiger partial charge in [-0.3, -0.25) is 14.4 Å². The number of benzene rings is 2. The van der Waals surface area contributed by atoms with Crippen molar-refractivity contribution in [1.82, 2.24) is 15.5 Å². The maximum Gasteiger partial charge on any atom is 0.254 e. The van der Waals surface area contributed by atoms with Crippen LogP contribution in [-0.4, -0.2) is 42.3 Å². The Kier molecular flexibility index (Phi) is 8.85. The molecule has 1 heterocycles. The SMILES string of the molecule is O=C(CN(CC(=O)NCc1ccco1)C(=O)c1cccc(I)c1)NCCc1ccccc1. The van der Waals surface area contributed by atoms with Crippen molar-refractivity contribution in [3.05, 3.63) is 93.5 Å². The topological polar surface area (TPSA) is 91.7 Å². The molecule has 3 amide bonds. The summed E-state index contributed by atoms with van der Waals surface area (Å²) in [5.41, 5.74) is 1.53. The third kappa shape index (κ3) is 7.52. The molecule has 0 spiro atoms. The van der Waals surface area contributed by atoms with E-state index in [1.165, 1.54) is 11.2 Å². The Morgan fingerprint density at radius 2 is 1.62 bits per heavy atom. The maximum absolute atomic E-state index is 13.0. The fraction of sp³-hybridized carbons (Fsp3) is 0.208. The molecular formula is C24H24IN3O4. The molecule has 3 rings (SSSR count). The molecule has 0 aliphatic heterocycles. The van der Waals surface area contributed by atoms with Crippen LogP contribution in [-0.2, 0) is 22.6 Å². The van der Waals surface area contributed by atoms with Crippen LogP contribution in [0.5, 0.6) is 0 Å². The molecule has 2 aromatic carbocycles. The van der Waals surface area contributed by atoms with E-state index in [2.05, 4.69) is 33.2 Å². The van der Waals surface area contributed by atoms with Gasteiger partial charge in [-0.15, -0.1) is 0 Å². The van der Waals surface area contributed by atoms with Crippen LogP contribution in [0.2, 0.25) is 0 Å². The molecule has 0 radical (unpaired) electrons. The molecular weight excluding hydrogens is 521 g/mol. The first kappa shape index (κ1) is 23.5. The molecule has 2 N–H and O–H groups in total. The molecule has 0 atom stereocenters. The molecule has 1 aromatic heterocycles. The van der Waals surface area contributed by atoms with Crippen molar-refractivity contribution in [3.63, 3.8) is 0 Å². The zero-order valence-corrected chi connectivity index (χ0v) is 19.6. The van der Waals surface area contributed by atoms with E-state index in [0.717, 1.165) is 9.13 Å². The van der Waals surface area contributed by atoms with Crippen molar-refractivity contribution in [1.29, 1.82) is 0 Å². The largest absolute Gasteiger partial charge is 0.467 e. The summed E-state index contributed by atoms with van der Waals surface area (Å²) < 4.78 is 6.10. The standard InChI is InChI=1S/C24H24IN3O4/c25-20-9-4-8-19(14-20)24(31)28(17-23(30)27-15-21-10-5-13-32-21)16-22(29)26-12-11-18-6-2-1-3-7-18/h1-10,13-14H,11-12,15-17H2,(H,26,29)(H,27,30). The molecule has 7 nitrogen and oxygen atoms in total. The number of amides is 3. The first-order valence-corrected chi connectivity index (χ1v) is 11.2. The molecule has 8 heteroatoms. The Balaban J connectivity index is 1.60. The number of hydrogen-bond acceptors (Lipinski definition) is 4. The number of halogens is 1. The third-order valence-corrected chi connectivity index (χ3v) is 5.32. The summed E-state index contributed by atoms with van der Waals surface area (Å²) in [5, 5.41) is 5.54. The Morgan fingerprint density at radius 1 is 0.875 bits per heavy atom. The van der Waals surface area contributed by atoms with Crippen LogP contribution >= 0.6 is 22.6 Å². The van der Waals surface area contributed by atoms with Gasteiger partial charge in [0, 0.05) is 15.7 Å². The summed E-state index contributed by atoms with van der Waals surface area (Å²) in [6.07, 6.45) is 2.20. The number of furan rings is 1. The molecule has 166 valence electrons. The van der Waals surface area contributed by atoms with E-state index in [4.69, 9.17) is 4.42 Å². The maximum atomic E-state index is 13.0. The summed E-state index contributed by atoms with van der Waals surface area (Å²) in [4.78, 5) is 39.3. The van der Waals surface area contributed by atoms with Gasteiger partial charge in [-0.25, -0.2) is 0 Å². The molecule has 0 aliphatic rings. The number of nitrogens with zero attached hydrogens (tertiary/aromatic N) is 1. The second-order valence-corrected chi connectivity index (χ2v) is 8.36. The van der Waals surface area contributed by atoms with E-state index in [-0.39, 0.29) is 37.4 Å². The number of carbonyl (C=O) groups excluding carboxylic acids is 3. The van der Waals surface area contributed by atoms with E-state index in [1.807, 2.05) is 36.4 Å². The quantitative estimate of drug-likeness (QED) is 0.384. The van der Waals surface area contributed by atoms with Crippen molar-refractivity contribution >= 4 is 40.3 Å². The molecule has 0 bridgehead atoms. The van der Waals surface area contributed by atoms with Crippen molar-refractivity contribution in [2.75, 3.05) is 19.6 Å². The minimum Gasteiger partial charge on any atom is -0.467 e. The Labute approximate surface area is 200 Å². The van der Waals surface area contributed by atoms with E-state index >= 15 is 0 Å². The van der Waals surface area contributed by atoms with Gasteiger partial charge < -0.3 is 20.0 Å². The first-order chi connectivity index (χ1) is 15.5. The highest BCUT2D eigenvalue weighted by atomic mass is 127. The highest BCUT2D eigenvalue weighted by Gasteiger charge is 2.22. The van der Waals surface area contributed by atoms with E-state index in [1.54, 1.807) is 30.3 Å². The van der Waals surface area contributed by atoms with Gasteiger partial charge in [-0.1, -0.05) is 36.4 Å². The average molecular weight is 545 g/mol. The molecule has 0 saturated heterocycles. The molecule has 0 fully saturated rings. The van der Waals surface area contributed by atoms with E-state index in [0.29, 0.717) is 24.3 Å². The van der Waals surface area contributed by atoms with Crippen molar-refractivity contribution in [3.8, 4) is 0 Å². The first-order valence-electron chi connectivity index (χ1n) is 10.2. The van der Waals surface area contributed by atoms with Gasteiger partial charge in [-0.05, 0) is 64.9 Å². The lowest BCUT2D eigenvalue weighted by atomic mass is 10.1. The summed E-state index contributed by atoms with van der Waals surface area (Å²) in [5.74, 6) is -0.474. The summed E-state index contributed by atoms with van der Waals surface area (Å²) >= 11 is 2.12. The highest BCUT2D eigenvalue weighted by molar-refractivity contribution is 14.1. The molecule has 0 aliphatic carbocycles. The smallest absolute Gasteiger partial charge is 0.254 e. The fourth-order valence-corrected chi connectivity index (χ4v) is 3.59. The third-order valence-electron chi connectivity index (χ3n) is 4.65. The van der Waals surface area contributed by atoms with E-state index < -0.39 is 0 Å². The second-order valence-electron chi connectivity index (χ2n) is 7.11. The summed E-state index contributed by atoms with van der Waals surface area (Å²) in [6, 6.07) is 20.3.